The van der Waals surface area contributed by atoms with Gasteiger partial charge in [0.25, 0.3) is 0 Å². The number of nitrogens with one attached hydrogen (secondary N) is 2. The minimum Gasteiger partial charge on any atom is -0.341 e. The molecule has 2 N–H and O–H groups in total. The van der Waals surface area contributed by atoms with Crippen LogP contribution in [-0.2, 0) is 5.41 Å². The third-order valence-electron chi connectivity index (χ3n) is 3.71. The van der Waals surface area contributed by atoms with E-state index in [1.807, 2.05) is 0 Å². The first-order valence-electron chi connectivity index (χ1n) is 6.15. The molecule has 5 heteroatoms. The summed E-state index contributed by atoms with van der Waals surface area (Å²) >= 11 is 0. The summed E-state index contributed by atoms with van der Waals surface area (Å²) in [7, 11) is 0. The number of fused-ring (bicyclic) bond motifs is 1. The molecule has 1 unspecified atom stereocenters. The largest absolute Gasteiger partial charge is 0.341 e. The van der Waals surface area contributed by atoms with Gasteiger partial charge in [-0.3, -0.25) is 0 Å². The van der Waals surface area contributed by atoms with Crippen LogP contribution in [0.3, 0.4) is 0 Å². The summed E-state index contributed by atoms with van der Waals surface area (Å²) in [5.74, 6) is -0.996. The maximum absolute atomic E-state index is 13.6. The van der Waals surface area contributed by atoms with E-state index < -0.39 is 11.6 Å². The summed E-state index contributed by atoms with van der Waals surface area (Å²) in [4.78, 5) is 7.37. The van der Waals surface area contributed by atoms with Crippen LogP contribution in [0.5, 0.6) is 0 Å². The van der Waals surface area contributed by atoms with Crippen molar-refractivity contribution >= 4 is 11.0 Å². The third-order valence-corrected chi connectivity index (χ3v) is 3.71. The molecule has 0 saturated carbocycles. The van der Waals surface area contributed by atoms with Crippen LogP contribution in [0.15, 0.2) is 12.1 Å². The fraction of sp³-hybridized carbons (Fsp3) is 0.462. The topological polar surface area (TPSA) is 40.7 Å². The molecule has 0 bridgehead atoms. The number of hydrogen-bond acceptors (Lipinski definition) is 2. The van der Waals surface area contributed by atoms with Crippen LogP contribution in [0.2, 0.25) is 0 Å². The summed E-state index contributed by atoms with van der Waals surface area (Å²) in [6.45, 7) is 3.89. The zero-order chi connectivity index (χ0) is 12.8. The Morgan fingerprint density at radius 1 is 1.33 bits per heavy atom. The molecule has 96 valence electrons. The Balaban J connectivity index is 2.10. The van der Waals surface area contributed by atoms with E-state index in [0.29, 0.717) is 5.52 Å². The Morgan fingerprint density at radius 2 is 2.17 bits per heavy atom. The number of rotatable bonds is 1. The van der Waals surface area contributed by atoms with Gasteiger partial charge >= 0.3 is 0 Å². The fourth-order valence-electron chi connectivity index (χ4n) is 2.56. The van der Waals surface area contributed by atoms with Gasteiger partial charge < -0.3 is 10.3 Å². The highest BCUT2D eigenvalue weighted by Gasteiger charge is 2.32. The minimum absolute atomic E-state index is 0.0943. The van der Waals surface area contributed by atoms with Gasteiger partial charge in [-0.15, -0.1) is 0 Å². The van der Waals surface area contributed by atoms with Gasteiger partial charge in [0.1, 0.15) is 11.3 Å². The average Bonchev–Trinajstić information content (AvgIpc) is 2.80. The molecule has 0 amide bonds. The number of nitrogens with zero attached hydrogens (tertiary/aromatic N) is 1. The van der Waals surface area contributed by atoms with Crippen molar-refractivity contribution in [2.45, 2.75) is 25.2 Å². The quantitative estimate of drug-likeness (QED) is 0.817. The molecule has 0 aliphatic carbocycles. The van der Waals surface area contributed by atoms with Crippen molar-refractivity contribution in [3.63, 3.8) is 0 Å². The first-order valence-corrected chi connectivity index (χ1v) is 6.15. The standard InChI is InChI=1S/C13H15F2N3/c1-13(5-2-6-16-7-13)12-17-9-4-3-8(14)10(15)11(9)18-12/h3-4,16H,2,5-7H2,1H3,(H,17,18). The fourth-order valence-corrected chi connectivity index (χ4v) is 2.56. The van der Waals surface area contributed by atoms with E-state index in [-0.39, 0.29) is 10.9 Å². The first-order chi connectivity index (χ1) is 8.60. The van der Waals surface area contributed by atoms with E-state index in [2.05, 4.69) is 22.2 Å². The predicted molar refractivity (Wildman–Crippen MR) is 65.5 cm³/mol. The second kappa shape index (κ2) is 4.02. The lowest BCUT2D eigenvalue weighted by atomic mass is 9.82. The van der Waals surface area contributed by atoms with Crippen LogP contribution in [0.25, 0.3) is 11.0 Å². The van der Waals surface area contributed by atoms with E-state index in [1.54, 1.807) is 0 Å². The number of aromatic amines is 1. The van der Waals surface area contributed by atoms with Gasteiger partial charge in [-0.2, -0.15) is 0 Å². The van der Waals surface area contributed by atoms with Crippen LogP contribution in [-0.4, -0.2) is 23.1 Å². The zero-order valence-corrected chi connectivity index (χ0v) is 10.2. The molecule has 2 heterocycles. The van der Waals surface area contributed by atoms with Gasteiger partial charge in [0.05, 0.1) is 5.52 Å². The maximum atomic E-state index is 13.6. The Kier molecular flexibility index (Phi) is 2.59. The Morgan fingerprint density at radius 3 is 2.89 bits per heavy atom. The SMILES string of the molecule is CC1(c2nc3c(F)c(F)ccc3[nH]2)CCCNC1. The zero-order valence-electron chi connectivity index (χ0n) is 10.2. The van der Waals surface area contributed by atoms with Crippen molar-refractivity contribution in [3.05, 3.63) is 29.6 Å². The highest BCUT2D eigenvalue weighted by atomic mass is 19.2. The van der Waals surface area contributed by atoms with Crippen molar-refractivity contribution in [2.24, 2.45) is 0 Å². The smallest absolute Gasteiger partial charge is 0.186 e. The predicted octanol–water partition coefficient (Wildman–Crippen LogP) is 2.48. The van der Waals surface area contributed by atoms with Crippen molar-refractivity contribution in [3.8, 4) is 0 Å². The molecule has 2 aromatic rings. The van der Waals surface area contributed by atoms with E-state index in [1.165, 1.54) is 6.07 Å². The molecule has 1 saturated heterocycles. The van der Waals surface area contributed by atoms with Gasteiger partial charge in [0.2, 0.25) is 0 Å². The molecule has 1 aliphatic rings. The first kappa shape index (κ1) is 11.6. The molecule has 3 nitrogen and oxygen atoms in total. The summed E-state index contributed by atoms with van der Waals surface area (Å²) in [6, 6.07) is 2.66. The number of H-pyrrole nitrogens is 1. The molecule has 0 spiro atoms. The van der Waals surface area contributed by atoms with E-state index in [0.717, 1.165) is 37.8 Å². The molecule has 1 aromatic carbocycles. The van der Waals surface area contributed by atoms with Crippen molar-refractivity contribution in [2.75, 3.05) is 13.1 Å². The monoisotopic (exact) mass is 251 g/mol. The van der Waals surface area contributed by atoms with Crippen LogP contribution in [0, 0.1) is 11.6 Å². The second-order valence-corrected chi connectivity index (χ2v) is 5.18. The lowest BCUT2D eigenvalue weighted by Crippen LogP contribution is -2.41. The highest BCUT2D eigenvalue weighted by molar-refractivity contribution is 5.76. The van der Waals surface area contributed by atoms with E-state index >= 15 is 0 Å². The van der Waals surface area contributed by atoms with Gasteiger partial charge in [0, 0.05) is 12.0 Å². The number of aromatic nitrogens is 2. The molecular weight excluding hydrogens is 236 g/mol. The summed E-state index contributed by atoms with van der Waals surface area (Å²) in [6.07, 6.45) is 2.05. The summed E-state index contributed by atoms with van der Waals surface area (Å²) < 4.78 is 26.8. The molecule has 3 rings (SSSR count). The van der Waals surface area contributed by atoms with E-state index in [9.17, 15) is 8.78 Å². The molecule has 1 fully saturated rings. The second-order valence-electron chi connectivity index (χ2n) is 5.18. The van der Waals surface area contributed by atoms with E-state index in [4.69, 9.17) is 0 Å². The number of halogens is 2. The van der Waals surface area contributed by atoms with Crippen molar-refractivity contribution in [1.82, 2.24) is 15.3 Å². The van der Waals surface area contributed by atoms with Crippen molar-refractivity contribution < 1.29 is 8.78 Å². The number of piperidine rings is 1. The molecule has 0 radical (unpaired) electrons. The van der Waals surface area contributed by atoms with Gasteiger partial charge in [-0.1, -0.05) is 6.92 Å². The van der Waals surface area contributed by atoms with Crippen LogP contribution in [0.1, 0.15) is 25.6 Å². The third kappa shape index (κ3) is 1.70. The van der Waals surface area contributed by atoms with Crippen LogP contribution in [0.4, 0.5) is 8.78 Å². The lowest BCUT2D eigenvalue weighted by molar-refractivity contribution is 0.326. The molecule has 1 atom stereocenters. The Hall–Kier alpha value is -1.49. The Labute approximate surface area is 104 Å². The minimum atomic E-state index is -0.873. The van der Waals surface area contributed by atoms with Crippen molar-refractivity contribution in [1.29, 1.82) is 0 Å². The average molecular weight is 251 g/mol. The molecule has 18 heavy (non-hydrogen) atoms. The van der Waals surface area contributed by atoms with Gasteiger partial charge in [0.15, 0.2) is 11.6 Å². The van der Waals surface area contributed by atoms with Gasteiger partial charge in [-0.25, -0.2) is 13.8 Å². The Bertz CT molecular complexity index is 585. The summed E-state index contributed by atoms with van der Waals surface area (Å²) in [5, 5.41) is 3.32. The van der Waals surface area contributed by atoms with Crippen LogP contribution < -0.4 is 5.32 Å². The molecular formula is C13H15F2N3. The molecule has 1 aliphatic heterocycles. The lowest BCUT2D eigenvalue weighted by Gasteiger charge is -2.32. The number of imidazole rings is 1. The highest BCUT2D eigenvalue weighted by Crippen LogP contribution is 2.30. The number of benzene rings is 1. The molecule has 1 aromatic heterocycles. The number of hydrogen-bond donors (Lipinski definition) is 2. The maximum Gasteiger partial charge on any atom is 0.186 e. The normalized spacial score (nSPS) is 24.6. The summed E-state index contributed by atoms with van der Waals surface area (Å²) in [5.41, 5.74) is 0.507. The van der Waals surface area contributed by atoms with Gasteiger partial charge in [-0.05, 0) is 31.5 Å². The van der Waals surface area contributed by atoms with Crippen LogP contribution >= 0.6 is 0 Å².